The van der Waals surface area contributed by atoms with Crippen LogP contribution in [0.1, 0.15) is 5.56 Å². The summed E-state index contributed by atoms with van der Waals surface area (Å²) in [5.74, 6) is -2.26. The molecule has 0 aliphatic heterocycles. The molecule has 2 amide bonds. The normalized spacial score (nSPS) is 11.0. The van der Waals surface area contributed by atoms with Crippen molar-refractivity contribution in [3.8, 4) is 0 Å². The van der Waals surface area contributed by atoms with Crippen molar-refractivity contribution in [2.75, 3.05) is 10.6 Å². The van der Waals surface area contributed by atoms with Crippen molar-refractivity contribution >= 4 is 39.1 Å². The molecule has 23 heavy (non-hydrogen) atoms. The summed E-state index contributed by atoms with van der Waals surface area (Å²) < 4.78 is 39.3. The number of carbonyl (C=O) groups is 2. The lowest BCUT2D eigenvalue weighted by Gasteiger charge is -2.13. The van der Waals surface area contributed by atoms with Gasteiger partial charge in [0.1, 0.15) is 0 Å². The van der Waals surface area contributed by atoms with Crippen LogP contribution in [0.5, 0.6) is 0 Å². The Labute approximate surface area is 137 Å². The van der Waals surface area contributed by atoms with Crippen LogP contribution in [0.25, 0.3) is 0 Å². The van der Waals surface area contributed by atoms with Gasteiger partial charge in [0.05, 0.1) is 11.3 Å². The number of amides is 2. The lowest BCUT2D eigenvalue weighted by atomic mass is 10.1. The number of halogens is 4. The second kappa shape index (κ2) is 6.82. The molecule has 0 heterocycles. The van der Waals surface area contributed by atoms with E-state index in [0.717, 1.165) is 16.6 Å². The molecule has 2 aromatic carbocycles. The van der Waals surface area contributed by atoms with Gasteiger partial charge in [-0.05, 0) is 36.4 Å². The van der Waals surface area contributed by atoms with Crippen molar-refractivity contribution < 1.29 is 22.8 Å². The van der Waals surface area contributed by atoms with E-state index in [4.69, 9.17) is 0 Å². The van der Waals surface area contributed by atoms with Crippen LogP contribution in [0.2, 0.25) is 0 Å². The summed E-state index contributed by atoms with van der Waals surface area (Å²) in [5.41, 5.74) is -1.15. The van der Waals surface area contributed by atoms with E-state index in [1.54, 1.807) is 24.3 Å². The maximum absolute atomic E-state index is 12.8. The molecule has 0 fully saturated rings. The van der Waals surface area contributed by atoms with Crippen LogP contribution in [-0.4, -0.2) is 11.8 Å². The SMILES string of the molecule is O=C(Nc1ccc(Br)cc1)C(=O)Nc1ccccc1C(F)(F)F. The van der Waals surface area contributed by atoms with Crippen LogP contribution >= 0.6 is 15.9 Å². The van der Waals surface area contributed by atoms with Crippen LogP contribution in [0, 0.1) is 0 Å². The first-order valence-electron chi connectivity index (χ1n) is 6.31. The topological polar surface area (TPSA) is 58.2 Å². The molecular formula is C15H10BrF3N2O2. The number of nitrogens with one attached hydrogen (secondary N) is 2. The second-order valence-electron chi connectivity index (χ2n) is 4.46. The van der Waals surface area contributed by atoms with E-state index in [0.29, 0.717) is 5.69 Å². The Morgan fingerprint density at radius 3 is 2.04 bits per heavy atom. The van der Waals surface area contributed by atoms with Crippen LogP contribution in [0.4, 0.5) is 24.5 Å². The predicted octanol–water partition coefficient (Wildman–Crippen LogP) is 4.05. The quantitative estimate of drug-likeness (QED) is 0.765. The Morgan fingerprint density at radius 2 is 1.43 bits per heavy atom. The highest BCUT2D eigenvalue weighted by Gasteiger charge is 2.34. The Kier molecular flexibility index (Phi) is 5.05. The average molecular weight is 387 g/mol. The van der Waals surface area contributed by atoms with Gasteiger partial charge in [0.25, 0.3) is 0 Å². The van der Waals surface area contributed by atoms with Crippen molar-refractivity contribution in [1.82, 2.24) is 0 Å². The summed E-state index contributed by atoms with van der Waals surface area (Å²) >= 11 is 3.21. The lowest BCUT2D eigenvalue weighted by Crippen LogP contribution is -2.30. The summed E-state index contributed by atoms with van der Waals surface area (Å²) in [7, 11) is 0. The monoisotopic (exact) mass is 386 g/mol. The molecule has 0 atom stereocenters. The van der Waals surface area contributed by atoms with Gasteiger partial charge in [0.15, 0.2) is 0 Å². The smallest absolute Gasteiger partial charge is 0.318 e. The van der Waals surface area contributed by atoms with E-state index in [-0.39, 0.29) is 0 Å². The number of benzene rings is 2. The Morgan fingerprint density at radius 1 is 0.870 bits per heavy atom. The first-order valence-corrected chi connectivity index (χ1v) is 7.11. The van der Waals surface area contributed by atoms with E-state index in [2.05, 4.69) is 21.2 Å². The van der Waals surface area contributed by atoms with Gasteiger partial charge in [-0.15, -0.1) is 0 Å². The van der Waals surface area contributed by atoms with Crippen LogP contribution in [0.3, 0.4) is 0 Å². The molecule has 0 unspecified atom stereocenters. The molecule has 0 aromatic heterocycles. The molecule has 4 nitrogen and oxygen atoms in total. The molecule has 0 aliphatic carbocycles. The fraction of sp³-hybridized carbons (Fsp3) is 0.0667. The Hall–Kier alpha value is -2.35. The van der Waals surface area contributed by atoms with Gasteiger partial charge >= 0.3 is 18.0 Å². The first-order chi connectivity index (χ1) is 10.8. The molecule has 8 heteroatoms. The number of hydrogen-bond donors (Lipinski definition) is 2. The molecule has 0 radical (unpaired) electrons. The minimum absolute atomic E-state index is 0.345. The zero-order valence-electron chi connectivity index (χ0n) is 11.4. The Bertz CT molecular complexity index is 730. The van der Waals surface area contributed by atoms with Crippen molar-refractivity contribution in [1.29, 1.82) is 0 Å². The van der Waals surface area contributed by atoms with Crippen molar-refractivity contribution in [2.24, 2.45) is 0 Å². The number of rotatable bonds is 2. The molecular weight excluding hydrogens is 377 g/mol. The highest BCUT2D eigenvalue weighted by Crippen LogP contribution is 2.34. The number of carbonyl (C=O) groups excluding carboxylic acids is 2. The van der Waals surface area contributed by atoms with Crippen molar-refractivity contribution in [3.05, 3.63) is 58.6 Å². The average Bonchev–Trinajstić information content (AvgIpc) is 2.49. The van der Waals surface area contributed by atoms with Gasteiger partial charge in [-0.1, -0.05) is 28.1 Å². The van der Waals surface area contributed by atoms with Gasteiger partial charge in [-0.25, -0.2) is 0 Å². The molecule has 0 saturated carbocycles. The van der Waals surface area contributed by atoms with Crippen molar-refractivity contribution in [2.45, 2.75) is 6.18 Å². The van der Waals surface area contributed by atoms with E-state index < -0.39 is 29.2 Å². The molecule has 0 aliphatic rings. The number of alkyl halides is 3. The number of para-hydroxylation sites is 1. The minimum Gasteiger partial charge on any atom is -0.318 e. The molecule has 120 valence electrons. The summed E-state index contributed by atoms with van der Waals surface area (Å²) in [6.45, 7) is 0. The molecule has 2 N–H and O–H groups in total. The minimum atomic E-state index is -4.63. The molecule has 2 rings (SSSR count). The van der Waals surface area contributed by atoms with Gasteiger partial charge in [0, 0.05) is 10.2 Å². The summed E-state index contributed by atoms with van der Waals surface area (Å²) in [5, 5.41) is 4.26. The summed E-state index contributed by atoms with van der Waals surface area (Å²) in [4.78, 5) is 23.5. The summed E-state index contributed by atoms with van der Waals surface area (Å²) in [6.07, 6.45) is -4.63. The van der Waals surface area contributed by atoms with Crippen LogP contribution in [0.15, 0.2) is 53.0 Å². The summed E-state index contributed by atoms with van der Waals surface area (Å²) in [6, 6.07) is 10.8. The van der Waals surface area contributed by atoms with Gasteiger partial charge in [-0.3, -0.25) is 9.59 Å². The third-order valence-electron chi connectivity index (χ3n) is 2.79. The standard InChI is InChI=1S/C15H10BrF3N2O2/c16-9-5-7-10(8-6-9)20-13(22)14(23)21-12-4-2-1-3-11(12)15(17,18)19/h1-8H,(H,20,22)(H,21,23). The first kappa shape index (κ1) is 17.0. The third-order valence-corrected chi connectivity index (χ3v) is 3.32. The Balaban J connectivity index is 2.10. The van der Waals surface area contributed by atoms with Gasteiger partial charge in [0.2, 0.25) is 0 Å². The predicted molar refractivity (Wildman–Crippen MR) is 82.8 cm³/mol. The molecule has 0 spiro atoms. The second-order valence-corrected chi connectivity index (χ2v) is 5.37. The lowest BCUT2D eigenvalue weighted by molar-refractivity contribution is -0.137. The number of anilines is 2. The van der Waals surface area contributed by atoms with Crippen molar-refractivity contribution in [3.63, 3.8) is 0 Å². The highest BCUT2D eigenvalue weighted by molar-refractivity contribution is 9.10. The largest absolute Gasteiger partial charge is 0.418 e. The maximum Gasteiger partial charge on any atom is 0.418 e. The highest BCUT2D eigenvalue weighted by atomic mass is 79.9. The van der Waals surface area contributed by atoms with E-state index in [1.807, 2.05) is 5.32 Å². The zero-order chi connectivity index (χ0) is 17.0. The van der Waals surface area contributed by atoms with Gasteiger partial charge < -0.3 is 10.6 Å². The molecule has 2 aromatic rings. The zero-order valence-corrected chi connectivity index (χ0v) is 13.0. The van der Waals surface area contributed by atoms with E-state index in [9.17, 15) is 22.8 Å². The van der Waals surface area contributed by atoms with E-state index >= 15 is 0 Å². The van der Waals surface area contributed by atoms with E-state index in [1.165, 1.54) is 12.1 Å². The maximum atomic E-state index is 12.8. The number of hydrogen-bond acceptors (Lipinski definition) is 2. The van der Waals surface area contributed by atoms with Crippen LogP contribution < -0.4 is 10.6 Å². The molecule has 0 saturated heterocycles. The molecule has 0 bridgehead atoms. The third kappa shape index (κ3) is 4.56. The fourth-order valence-electron chi connectivity index (χ4n) is 1.74. The van der Waals surface area contributed by atoms with Crippen LogP contribution in [-0.2, 0) is 15.8 Å². The van der Waals surface area contributed by atoms with Gasteiger partial charge in [-0.2, -0.15) is 13.2 Å². The fourth-order valence-corrected chi connectivity index (χ4v) is 2.00.